The van der Waals surface area contributed by atoms with Gasteiger partial charge in [-0.2, -0.15) is 0 Å². The molecule has 72 valence electrons. The fourth-order valence-electron chi connectivity index (χ4n) is 0.949. The molecule has 0 spiro atoms. The fraction of sp³-hybridized carbons (Fsp3) is 0.444. The van der Waals surface area contributed by atoms with E-state index in [2.05, 4.69) is 43.8 Å². The van der Waals surface area contributed by atoms with Crippen molar-refractivity contribution in [3.8, 4) is 0 Å². The summed E-state index contributed by atoms with van der Waals surface area (Å²) in [6.45, 7) is 2.16. The number of oxazole rings is 1. The molecule has 0 atom stereocenters. The Morgan fingerprint density at radius 3 is 3.00 bits per heavy atom. The summed E-state index contributed by atoms with van der Waals surface area (Å²) in [6.07, 6.45) is 6.86. The minimum absolute atomic E-state index is 0.634. The third-order valence-corrected chi connectivity index (χ3v) is 2.04. The average Bonchev–Trinajstić information content (AvgIpc) is 2.48. The molecule has 1 aromatic rings. The summed E-state index contributed by atoms with van der Waals surface area (Å²) in [5, 5.41) is 0. The molecule has 0 saturated heterocycles. The summed E-state index contributed by atoms with van der Waals surface area (Å²) >= 11 is 6.50. The monoisotopic (exact) mass is 307 g/mol. The van der Waals surface area contributed by atoms with Gasteiger partial charge in [0.05, 0.1) is 9.59 Å². The lowest BCUT2D eigenvalue weighted by atomic mass is 10.2. The Balaban J connectivity index is 2.58. The van der Waals surface area contributed by atoms with Gasteiger partial charge in [-0.25, -0.2) is 4.98 Å². The van der Waals surface area contributed by atoms with Crippen LogP contribution in [0.2, 0.25) is 0 Å². The highest BCUT2D eigenvalue weighted by atomic mass is 79.9. The van der Waals surface area contributed by atoms with Crippen molar-refractivity contribution in [3.05, 3.63) is 21.2 Å². The van der Waals surface area contributed by atoms with E-state index in [-0.39, 0.29) is 0 Å². The molecule has 1 rings (SSSR count). The fourth-order valence-corrected chi connectivity index (χ4v) is 1.34. The lowest BCUT2D eigenvalue weighted by molar-refractivity contribution is 0.487. The Bertz CT molecular complexity index is 290. The van der Waals surface area contributed by atoms with Crippen LogP contribution in [0.1, 0.15) is 31.4 Å². The second-order valence-electron chi connectivity index (χ2n) is 2.70. The van der Waals surface area contributed by atoms with Crippen molar-refractivity contribution in [1.29, 1.82) is 0 Å². The molecule has 0 aliphatic heterocycles. The van der Waals surface area contributed by atoms with Crippen LogP contribution in [0.15, 0.2) is 14.0 Å². The third kappa shape index (κ3) is 4.09. The smallest absolute Gasteiger partial charge is 0.220 e. The molecule has 0 unspecified atom stereocenters. The SMILES string of the molecule is CCCCc1cnc(C=C(Br)Br)o1. The van der Waals surface area contributed by atoms with Gasteiger partial charge in [-0.05, 0) is 38.3 Å². The summed E-state index contributed by atoms with van der Waals surface area (Å²) in [7, 11) is 0. The second kappa shape index (κ2) is 5.60. The Labute approximate surface area is 94.7 Å². The number of halogens is 2. The highest BCUT2D eigenvalue weighted by Gasteiger charge is 2.00. The first-order chi connectivity index (χ1) is 6.22. The van der Waals surface area contributed by atoms with Gasteiger partial charge in [-0.1, -0.05) is 13.3 Å². The topological polar surface area (TPSA) is 26.0 Å². The first kappa shape index (κ1) is 11.0. The molecule has 0 bridgehead atoms. The zero-order valence-electron chi connectivity index (χ0n) is 7.39. The van der Waals surface area contributed by atoms with E-state index in [1.807, 2.05) is 0 Å². The van der Waals surface area contributed by atoms with Gasteiger partial charge in [-0.3, -0.25) is 0 Å². The van der Waals surface area contributed by atoms with Crippen LogP contribution in [0.3, 0.4) is 0 Å². The van der Waals surface area contributed by atoms with Crippen LogP contribution in [-0.2, 0) is 6.42 Å². The van der Waals surface area contributed by atoms with Crippen molar-refractivity contribution >= 4 is 37.9 Å². The highest BCUT2D eigenvalue weighted by molar-refractivity contribution is 9.28. The second-order valence-corrected chi connectivity index (χ2v) is 5.48. The van der Waals surface area contributed by atoms with Crippen molar-refractivity contribution in [1.82, 2.24) is 4.98 Å². The van der Waals surface area contributed by atoms with E-state index in [1.165, 1.54) is 6.42 Å². The Kier molecular flexibility index (Phi) is 4.73. The van der Waals surface area contributed by atoms with Gasteiger partial charge in [-0.15, -0.1) is 0 Å². The number of nitrogens with zero attached hydrogens (tertiary/aromatic N) is 1. The van der Waals surface area contributed by atoms with Crippen molar-refractivity contribution in [2.45, 2.75) is 26.2 Å². The van der Waals surface area contributed by atoms with Gasteiger partial charge >= 0.3 is 0 Å². The summed E-state index contributed by atoms with van der Waals surface area (Å²) in [4.78, 5) is 4.11. The van der Waals surface area contributed by atoms with Gasteiger partial charge in [0.25, 0.3) is 0 Å². The Hall–Kier alpha value is -0.0900. The maximum Gasteiger partial charge on any atom is 0.220 e. The molecular formula is C9H11Br2NO. The predicted molar refractivity (Wildman–Crippen MR) is 60.9 cm³/mol. The van der Waals surface area contributed by atoms with Gasteiger partial charge in [0.1, 0.15) is 5.76 Å². The Morgan fingerprint density at radius 1 is 1.62 bits per heavy atom. The summed E-state index contributed by atoms with van der Waals surface area (Å²) in [6, 6.07) is 0. The predicted octanol–water partition coefficient (Wildman–Crippen LogP) is 4.11. The molecule has 0 aromatic carbocycles. The third-order valence-electron chi connectivity index (χ3n) is 1.58. The Morgan fingerprint density at radius 2 is 2.38 bits per heavy atom. The number of unbranched alkanes of at least 4 members (excludes halogenated alkanes) is 1. The average molecular weight is 309 g/mol. The number of rotatable bonds is 4. The molecule has 0 amide bonds. The lowest BCUT2D eigenvalue weighted by Gasteiger charge is -1.90. The molecule has 13 heavy (non-hydrogen) atoms. The minimum Gasteiger partial charge on any atom is -0.442 e. The molecule has 0 fully saturated rings. The largest absolute Gasteiger partial charge is 0.442 e. The molecule has 1 heterocycles. The molecule has 0 aliphatic rings. The van der Waals surface area contributed by atoms with E-state index in [1.54, 1.807) is 12.3 Å². The number of aryl methyl sites for hydroxylation is 1. The summed E-state index contributed by atoms with van der Waals surface area (Å²) in [5.74, 6) is 1.59. The quantitative estimate of drug-likeness (QED) is 0.837. The highest BCUT2D eigenvalue weighted by Crippen LogP contribution is 2.18. The standard InChI is InChI=1S/C9H11Br2NO/c1-2-3-4-7-6-12-9(13-7)5-8(10)11/h5-6H,2-4H2,1H3. The lowest BCUT2D eigenvalue weighted by Crippen LogP contribution is -1.78. The van der Waals surface area contributed by atoms with E-state index < -0.39 is 0 Å². The van der Waals surface area contributed by atoms with Crippen LogP contribution >= 0.6 is 31.9 Å². The molecule has 0 N–H and O–H groups in total. The van der Waals surface area contributed by atoms with Crippen LogP contribution in [0, 0.1) is 0 Å². The van der Waals surface area contributed by atoms with E-state index in [0.717, 1.165) is 22.0 Å². The van der Waals surface area contributed by atoms with Crippen molar-refractivity contribution in [2.75, 3.05) is 0 Å². The minimum atomic E-state index is 0.634. The molecule has 0 aliphatic carbocycles. The molecule has 0 radical (unpaired) electrons. The van der Waals surface area contributed by atoms with Crippen LogP contribution < -0.4 is 0 Å². The van der Waals surface area contributed by atoms with E-state index in [9.17, 15) is 0 Å². The maximum atomic E-state index is 5.45. The normalized spacial score (nSPS) is 10.1. The number of hydrogen-bond acceptors (Lipinski definition) is 2. The van der Waals surface area contributed by atoms with Gasteiger partial charge in [0.15, 0.2) is 0 Å². The maximum absolute atomic E-state index is 5.45. The zero-order valence-corrected chi connectivity index (χ0v) is 10.6. The van der Waals surface area contributed by atoms with Crippen LogP contribution in [0.5, 0.6) is 0 Å². The van der Waals surface area contributed by atoms with Crippen LogP contribution in [0.4, 0.5) is 0 Å². The first-order valence-corrected chi connectivity index (χ1v) is 5.78. The van der Waals surface area contributed by atoms with Crippen molar-refractivity contribution in [2.24, 2.45) is 0 Å². The summed E-state index contributed by atoms with van der Waals surface area (Å²) < 4.78 is 6.29. The van der Waals surface area contributed by atoms with E-state index in [4.69, 9.17) is 4.42 Å². The van der Waals surface area contributed by atoms with Crippen molar-refractivity contribution in [3.63, 3.8) is 0 Å². The molecular weight excluding hydrogens is 298 g/mol. The molecule has 2 nitrogen and oxygen atoms in total. The number of aromatic nitrogens is 1. The van der Waals surface area contributed by atoms with Crippen LogP contribution in [-0.4, -0.2) is 4.98 Å². The molecule has 0 saturated carbocycles. The first-order valence-electron chi connectivity index (χ1n) is 4.19. The summed E-state index contributed by atoms with van der Waals surface area (Å²) in [5.41, 5.74) is 0. The molecule has 4 heteroatoms. The van der Waals surface area contributed by atoms with Gasteiger partial charge in [0.2, 0.25) is 5.89 Å². The van der Waals surface area contributed by atoms with E-state index >= 15 is 0 Å². The van der Waals surface area contributed by atoms with Crippen LogP contribution in [0.25, 0.3) is 6.08 Å². The molecule has 1 aromatic heterocycles. The van der Waals surface area contributed by atoms with Gasteiger partial charge < -0.3 is 4.42 Å². The zero-order chi connectivity index (χ0) is 9.68. The van der Waals surface area contributed by atoms with Gasteiger partial charge in [0, 0.05) is 12.5 Å². The number of hydrogen-bond donors (Lipinski definition) is 0. The van der Waals surface area contributed by atoms with Crippen molar-refractivity contribution < 1.29 is 4.42 Å². The van der Waals surface area contributed by atoms with E-state index in [0.29, 0.717) is 5.89 Å².